The number of nitrogens with zero attached hydrogens (tertiary/aromatic N) is 4. The van der Waals surface area contributed by atoms with E-state index in [-0.39, 0.29) is 31.6 Å². The van der Waals surface area contributed by atoms with Gasteiger partial charge in [-0.05, 0) is 18.8 Å². The molecule has 1 saturated heterocycles. The molecule has 1 fully saturated rings. The van der Waals surface area contributed by atoms with E-state index in [9.17, 15) is 10.2 Å². The Hall–Kier alpha value is -1.77. The van der Waals surface area contributed by atoms with E-state index in [1.54, 1.807) is 6.33 Å². The van der Waals surface area contributed by atoms with Crippen molar-refractivity contribution >= 4 is 17.0 Å². The summed E-state index contributed by atoms with van der Waals surface area (Å²) in [7, 11) is 0. The number of fused-ring (bicyclic) bond motifs is 1. The zero-order chi connectivity index (χ0) is 17.1. The summed E-state index contributed by atoms with van der Waals surface area (Å²) in [6.45, 7) is 4.24. The Kier molecular flexibility index (Phi) is 5.27. The van der Waals surface area contributed by atoms with Gasteiger partial charge in [0.2, 0.25) is 0 Å². The van der Waals surface area contributed by atoms with E-state index < -0.39 is 0 Å². The molecule has 1 aliphatic rings. The minimum absolute atomic E-state index is 0.0258. The van der Waals surface area contributed by atoms with Crippen LogP contribution in [0.25, 0.3) is 11.2 Å². The number of anilines is 1. The number of aliphatic hydroxyl groups excluding tert-OH is 2. The Morgan fingerprint density at radius 2 is 2.17 bits per heavy atom. The maximum absolute atomic E-state index is 9.62. The highest BCUT2D eigenvalue weighted by atomic mass is 16.5. The topological polar surface area (TPSA) is 105 Å². The van der Waals surface area contributed by atoms with Gasteiger partial charge in [0.05, 0.1) is 31.7 Å². The van der Waals surface area contributed by atoms with Crippen LogP contribution < -0.4 is 5.32 Å². The fourth-order valence-electron chi connectivity index (χ4n) is 3.02. The van der Waals surface area contributed by atoms with Gasteiger partial charge in [0, 0.05) is 0 Å². The van der Waals surface area contributed by atoms with E-state index in [0.717, 1.165) is 19.3 Å². The molecule has 132 valence electrons. The monoisotopic (exact) mass is 335 g/mol. The number of nitrogens with one attached hydrogen (secondary N) is 1. The third-order valence-electron chi connectivity index (χ3n) is 4.81. The molecule has 1 aliphatic heterocycles. The molecule has 0 saturated carbocycles. The van der Waals surface area contributed by atoms with Crippen LogP contribution >= 0.6 is 0 Å². The maximum atomic E-state index is 9.62. The van der Waals surface area contributed by atoms with Crippen molar-refractivity contribution in [3.8, 4) is 0 Å². The summed E-state index contributed by atoms with van der Waals surface area (Å²) in [4.78, 5) is 13.1. The van der Waals surface area contributed by atoms with Crippen LogP contribution in [0.3, 0.4) is 0 Å². The highest BCUT2D eigenvalue weighted by Crippen LogP contribution is 2.31. The minimum Gasteiger partial charge on any atom is -0.394 e. The fraction of sp³-hybridized carbons (Fsp3) is 0.688. The second-order valence-corrected chi connectivity index (χ2v) is 6.34. The van der Waals surface area contributed by atoms with E-state index in [2.05, 4.69) is 34.1 Å². The predicted molar refractivity (Wildman–Crippen MR) is 89.5 cm³/mol. The van der Waals surface area contributed by atoms with Crippen LogP contribution in [0.1, 0.15) is 39.3 Å². The molecule has 0 aromatic carbocycles. The SMILES string of the molecule is CCC(C)[C@@H](CO)Nc1ncnc2c1ncn2[C@H]1CC[C@@H](CO)O1. The molecule has 3 N–H and O–H groups in total. The smallest absolute Gasteiger partial charge is 0.167 e. The van der Waals surface area contributed by atoms with Crippen LogP contribution in [0.2, 0.25) is 0 Å². The average molecular weight is 335 g/mol. The van der Waals surface area contributed by atoms with Crippen LogP contribution in [0.15, 0.2) is 12.7 Å². The third kappa shape index (κ3) is 3.22. The van der Waals surface area contributed by atoms with Gasteiger partial charge in [-0.25, -0.2) is 15.0 Å². The van der Waals surface area contributed by atoms with Crippen molar-refractivity contribution in [2.24, 2.45) is 5.92 Å². The lowest BCUT2D eigenvalue weighted by atomic mass is 10.00. The van der Waals surface area contributed by atoms with Crippen LogP contribution in [-0.4, -0.2) is 55.1 Å². The number of aliphatic hydroxyl groups is 2. The molecule has 3 heterocycles. The summed E-state index contributed by atoms with van der Waals surface area (Å²) in [5.74, 6) is 0.931. The van der Waals surface area contributed by atoms with Crippen molar-refractivity contribution in [3.05, 3.63) is 12.7 Å². The first-order valence-corrected chi connectivity index (χ1v) is 8.49. The fourth-order valence-corrected chi connectivity index (χ4v) is 3.02. The summed E-state index contributed by atoms with van der Waals surface area (Å²) in [5, 5.41) is 22.1. The predicted octanol–water partition coefficient (Wildman–Crippen LogP) is 1.32. The number of imidazole rings is 1. The molecule has 0 radical (unpaired) electrons. The van der Waals surface area contributed by atoms with E-state index in [4.69, 9.17) is 4.74 Å². The first-order valence-electron chi connectivity index (χ1n) is 8.49. The van der Waals surface area contributed by atoms with Crippen LogP contribution in [0, 0.1) is 5.92 Å². The lowest BCUT2D eigenvalue weighted by Gasteiger charge is -2.22. The van der Waals surface area contributed by atoms with Crippen LogP contribution in [0.4, 0.5) is 5.82 Å². The van der Waals surface area contributed by atoms with Gasteiger partial charge >= 0.3 is 0 Å². The van der Waals surface area contributed by atoms with Gasteiger partial charge in [0.1, 0.15) is 12.6 Å². The standard InChI is InChI=1S/C16H25N5O3/c1-3-10(2)12(7-23)20-15-14-16(18-8-17-15)21(9-19-14)13-5-4-11(6-22)24-13/h8-13,22-23H,3-7H2,1-2H3,(H,17,18,20)/t10?,11-,12+,13+/m0/s1. The van der Waals surface area contributed by atoms with Gasteiger partial charge < -0.3 is 20.3 Å². The number of rotatable bonds is 7. The molecule has 24 heavy (non-hydrogen) atoms. The Bertz CT molecular complexity index is 677. The van der Waals surface area contributed by atoms with Crippen molar-refractivity contribution < 1.29 is 14.9 Å². The molecule has 8 nitrogen and oxygen atoms in total. The Morgan fingerprint density at radius 1 is 1.33 bits per heavy atom. The molecule has 0 bridgehead atoms. The molecule has 2 aromatic heterocycles. The average Bonchev–Trinajstić information content (AvgIpc) is 3.25. The van der Waals surface area contributed by atoms with Crippen molar-refractivity contribution in [3.63, 3.8) is 0 Å². The number of aromatic nitrogens is 4. The normalized spacial score (nSPS) is 23.5. The summed E-state index contributed by atoms with van der Waals surface area (Å²) in [5.41, 5.74) is 1.35. The van der Waals surface area contributed by atoms with Gasteiger partial charge in [0.25, 0.3) is 0 Å². The van der Waals surface area contributed by atoms with Gasteiger partial charge in [-0.1, -0.05) is 20.3 Å². The van der Waals surface area contributed by atoms with E-state index in [1.165, 1.54) is 6.33 Å². The molecular weight excluding hydrogens is 310 g/mol. The molecule has 1 unspecified atom stereocenters. The summed E-state index contributed by atoms with van der Waals surface area (Å²) >= 11 is 0. The summed E-state index contributed by atoms with van der Waals surface area (Å²) in [6, 6.07) is -0.0836. The van der Waals surface area contributed by atoms with E-state index >= 15 is 0 Å². The summed E-state index contributed by atoms with van der Waals surface area (Å²) in [6.07, 6.45) is 5.49. The summed E-state index contributed by atoms with van der Waals surface area (Å²) < 4.78 is 7.70. The third-order valence-corrected chi connectivity index (χ3v) is 4.81. The zero-order valence-corrected chi connectivity index (χ0v) is 14.1. The first-order chi connectivity index (χ1) is 11.7. The molecule has 0 spiro atoms. The molecule has 8 heteroatoms. The molecular formula is C16H25N5O3. The van der Waals surface area contributed by atoms with Gasteiger partial charge in [-0.3, -0.25) is 4.57 Å². The molecule has 4 atom stereocenters. The maximum Gasteiger partial charge on any atom is 0.167 e. The molecule has 0 aliphatic carbocycles. The van der Waals surface area contributed by atoms with E-state index in [1.807, 2.05) is 4.57 Å². The Morgan fingerprint density at radius 3 is 2.83 bits per heavy atom. The van der Waals surface area contributed by atoms with Gasteiger partial charge in [-0.2, -0.15) is 0 Å². The highest BCUT2D eigenvalue weighted by Gasteiger charge is 2.28. The molecule has 2 aromatic rings. The lowest BCUT2D eigenvalue weighted by molar-refractivity contribution is -0.0207. The van der Waals surface area contributed by atoms with E-state index in [0.29, 0.717) is 22.9 Å². The number of ether oxygens (including phenoxy) is 1. The number of hydrogen-bond acceptors (Lipinski definition) is 7. The Balaban J connectivity index is 1.86. The molecule has 3 rings (SSSR count). The second kappa shape index (κ2) is 7.42. The van der Waals surface area contributed by atoms with Crippen LogP contribution in [-0.2, 0) is 4.74 Å². The van der Waals surface area contributed by atoms with Crippen LogP contribution in [0.5, 0.6) is 0 Å². The van der Waals surface area contributed by atoms with Crippen molar-refractivity contribution in [1.82, 2.24) is 19.5 Å². The molecule has 0 amide bonds. The van der Waals surface area contributed by atoms with Crippen molar-refractivity contribution in [2.45, 2.75) is 51.5 Å². The highest BCUT2D eigenvalue weighted by molar-refractivity contribution is 5.82. The van der Waals surface area contributed by atoms with Gasteiger partial charge in [-0.15, -0.1) is 0 Å². The number of hydrogen-bond donors (Lipinski definition) is 3. The lowest BCUT2D eigenvalue weighted by Crippen LogP contribution is -2.31. The zero-order valence-electron chi connectivity index (χ0n) is 14.1. The quantitative estimate of drug-likeness (QED) is 0.700. The second-order valence-electron chi connectivity index (χ2n) is 6.34. The van der Waals surface area contributed by atoms with Crippen molar-refractivity contribution in [2.75, 3.05) is 18.5 Å². The Labute approximate surface area is 140 Å². The van der Waals surface area contributed by atoms with Gasteiger partial charge in [0.15, 0.2) is 17.0 Å². The minimum atomic E-state index is -0.168. The largest absolute Gasteiger partial charge is 0.394 e. The first kappa shape index (κ1) is 17.1. The van der Waals surface area contributed by atoms with Crippen molar-refractivity contribution in [1.29, 1.82) is 0 Å².